The normalized spacial score (nSPS) is 16.2. The fraction of sp³-hybridized carbons (Fsp3) is 0.278. The number of sulfonamides is 1. The molecule has 1 fully saturated rings. The molecule has 0 atom stereocenters. The first-order valence-corrected chi connectivity index (χ1v) is 11.0. The SMILES string of the molecule is O=C(CN1CCN(S(=O)(=O)c2ccc(Cl)cc2)CC1)Nc1ccccc1Br. The van der Waals surface area contributed by atoms with Crippen LogP contribution in [-0.2, 0) is 14.8 Å². The average molecular weight is 473 g/mol. The van der Waals surface area contributed by atoms with Crippen LogP contribution >= 0.6 is 27.5 Å². The molecule has 144 valence electrons. The number of piperazine rings is 1. The van der Waals surface area contributed by atoms with Gasteiger partial charge >= 0.3 is 0 Å². The molecule has 2 aromatic carbocycles. The molecule has 1 aliphatic rings. The molecule has 1 aliphatic heterocycles. The second-order valence-corrected chi connectivity index (χ2v) is 9.39. The monoisotopic (exact) mass is 471 g/mol. The van der Waals surface area contributed by atoms with E-state index < -0.39 is 10.0 Å². The fourth-order valence-corrected chi connectivity index (χ4v) is 4.77. The number of rotatable bonds is 5. The van der Waals surface area contributed by atoms with E-state index in [0.717, 1.165) is 4.47 Å². The van der Waals surface area contributed by atoms with Crippen LogP contribution in [0.15, 0.2) is 57.9 Å². The maximum absolute atomic E-state index is 12.7. The van der Waals surface area contributed by atoms with E-state index in [4.69, 9.17) is 11.6 Å². The number of anilines is 1. The number of hydrogen-bond donors (Lipinski definition) is 1. The molecular formula is C18H19BrClN3O3S. The molecule has 3 rings (SSSR count). The van der Waals surface area contributed by atoms with Gasteiger partial charge in [-0.05, 0) is 52.3 Å². The zero-order chi connectivity index (χ0) is 19.4. The van der Waals surface area contributed by atoms with Gasteiger partial charge in [0.2, 0.25) is 15.9 Å². The first kappa shape index (κ1) is 20.3. The first-order valence-electron chi connectivity index (χ1n) is 8.39. The maximum Gasteiger partial charge on any atom is 0.243 e. The van der Waals surface area contributed by atoms with Crippen molar-refractivity contribution in [1.82, 2.24) is 9.21 Å². The molecule has 0 aliphatic carbocycles. The molecular weight excluding hydrogens is 454 g/mol. The number of para-hydroxylation sites is 1. The van der Waals surface area contributed by atoms with Crippen LogP contribution < -0.4 is 5.32 Å². The van der Waals surface area contributed by atoms with Crippen molar-refractivity contribution in [3.05, 3.63) is 58.0 Å². The molecule has 0 saturated carbocycles. The Morgan fingerprint density at radius 3 is 2.30 bits per heavy atom. The van der Waals surface area contributed by atoms with E-state index in [9.17, 15) is 13.2 Å². The van der Waals surface area contributed by atoms with Crippen LogP contribution in [0.1, 0.15) is 0 Å². The number of carbonyl (C=O) groups is 1. The third kappa shape index (κ3) is 5.08. The Kier molecular flexibility index (Phi) is 6.54. The van der Waals surface area contributed by atoms with Crippen molar-refractivity contribution in [2.75, 3.05) is 38.0 Å². The predicted octanol–water partition coefficient (Wildman–Crippen LogP) is 3.05. The second-order valence-electron chi connectivity index (χ2n) is 6.16. The second kappa shape index (κ2) is 8.70. The number of amides is 1. The highest BCUT2D eigenvalue weighted by Gasteiger charge is 2.29. The van der Waals surface area contributed by atoms with Gasteiger partial charge < -0.3 is 5.32 Å². The van der Waals surface area contributed by atoms with Crippen LogP contribution in [0.5, 0.6) is 0 Å². The van der Waals surface area contributed by atoms with Crippen LogP contribution in [0.4, 0.5) is 5.69 Å². The lowest BCUT2D eigenvalue weighted by Crippen LogP contribution is -2.50. The van der Waals surface area contributed by atoms with Crippen molar-refractivity contribution < 1.29 is 13.2 Å². The van der Waals surface area contributed by atoms with Crippen molar-refractivity contribution in [2.45, 2.75) is 4.90 Å². The van der Waals surface area contributed by atoms with E-state index in [1.165, 1.54) is 16.4 Å². The Bertz CT molecular complexity index is 914. The standard InChI is InChI=1S/C18H19BrClN3O3S/c19-16-3-1-2-4-17(16)21-18(24)13-22-9-11-23(12-10-22)27(25,26)15-7-5-14(20)6-8-15/h1-8H,9-13H2,(H,21,24). The van der Waals surface area contributed by atoms with Crippen molar-refractivity contribution in [3.63, 3.8) is 0 Å². The quantitative estimate of drug-likeness (QED) is 0.726. The van der Waals surface area contributed by atoms with E-state index in [-0.39, 0.29) is 17.3 Å². The summed E-state index contributed by atoms with van der Waals surface area (Å²) in [6, 6.07) is 13.5. The van der Waals surface area contributed by atoms with Gasteiger partial charge in [-0.15, -0.1) is 0 Å². The van der Waals surface area contributed by atoms with Gasteiger partial charge in [-0.1, -0.05) is 23.7 Å². The van der Waals surface area contributed by atoms with Gasteiger partial charge in [-0.2, -0.15) is 4.31 Å². The molecule has 0 aromatic heterocycles. The van der Waals surface area contributed by atoms with Crippen molar-refractivity contribution in [2.24, 2.45) is 0 Å². The van der Waals surface area contributed by atoms with Crippen LogP contribution in [0.3, 0.4) is 0 Å². The smallest absolute Gasteiger partial charge is 0.243 e. The van der Waals surface area contributed by atoms with Crippen LogP contribution in [0.2, 0.25) is 5.02 Å². The van der Waals surface area contributed by atoms with Gasteiger partial charge in [0.25, 0.3) is 0 Å². The summed E-state index contributed by atoms with van der Waals surface area (Å²) in [6.45, 7) is 1.89. The third-order valence-corrected chi connectivity index (χ3v) is 7.15. The Morgan fingerprint density at radius 1 is 1.04 bits per heavy atom. The highest BCUT2D eigenvalue weighted by Crippen LogP contribution is 2.22. The summed E-state index contributed by atoms with van der Waals surface area (Å²) < 4.78 is 27.6. The largest absolute Gasteiger partial charge is 0.324 e. The molecule has 9 heteroatoms. The molecule has 27 heavy (non-hydrogen) atoms. The molecule has 0 unspecified atom stereocenters. The van der Waals surface area contributed by atoms with E-state index in [0.29, 0.717) is 36.9 Å². The number of carbonyl (C=O) groups excluding carboxylic acids is 1. The number of benzene rings is 2. The van der Waals surface area contributed by atoms with E-state index >= 15 is 0 Å². The molecule has 2 aromatic rings. The van der Waals surface area contributed by atoms with Gasteiger partial charge in [0.1, 0.15) is 0 Å². The van der Waals surface area contributed by atoms with Crippen molar-refractivity contribution >= 4 is 49.1 Å². The topological polar surface area (TPSA) is 69.7 Å². The summed E-state index contributed by atoms with van der Waals surface area (Å²) in [5.41, 5.74) is 0.714. The molecule has 6 nitrogen and oxygen atoms in total. The molecule has 0 radical (unpaired) electrons. The average Bonchev–Trinajstić information content (AvgIpc) is 2.64. The van der Waals surface area contributed by atoms with Crippen molar-refractivity contribution in [3.8, 4) is 0 Å². The number of nitrogens with one attached hydrogen (secondary N) is 1. The van der Waals surface area contributed by atoms with E-state index in [1.807, 2.05) is 29.2 Å². The summed E-state index contributed by atoms with van der Waals surface area (Å²) in [6.07, 6.45) is 0. The lowest BCUT2D eigenvalue weighted by atomic mass is 10.3. The van der Waals surface area contributed by atoms with Gasteiger partial charge in [-0.3, -0.25) is 9.69 Å². The molecule has 1 saturated heterocycles. The zero-order valence-electron chi connectivity index (χ0n) is 14.4. The Balaban J connectivity index is 1.55. The molecule has 0 spiro atoms. The summed E-state index contributed by atoms with van der Waals surface area (Å²) >= 11 is 9.22. The maximum atomic E-state index is 12.7. The van der Waals surface area contributed by atoms with Crippen LogP contribution in [-0.4, -0.2) is 56.3 Å². The number of hydrogen-bond acceptors (Lipinski definition) is 4. The Labute approximate surface area is 172 Å². The van der Waals surface area contributed by atoms with Crippen LogP contribution in [0.25, 0.3) is 0 Å². The molecule has 0 bridgehead atoms. The minimum Gasteiger partial charge on any atom is -0.324 e. The molecule has 1 heterocycles. The van der Waals surface area contributed by atoms with Crippen LogP contribution in [0, 0.1) is 0 Å². The Hall–Kier alpha value is -1.45. The lowest BCUT2D eigenvalue weighted by molar-refractivity contribution is -0.117. The summed E-state index contributed by atoms with van der Waals surface area (Å²) in [7, 11) is -3.54. The molecule has 1 amide bonds. The number of nitrogens with zero attached hydrogens (tertiary/aromatic N) is 2. The minimum absolute atomic E-state index is 0.129. The lowest BCUT2D eigenvalue weighted by Gasteiger charge is -2.33. The molecule has 1 N–H and O–H groups in total. The highest BCUT2D eigenvalue weighted by molar-refractivity contribution is 9.10. The van der Waals surface area contributed by atoms with Gasteiger partial charge in [0, 0.05) is 35.7 Å². The third-order valence-electron chi connectivity index (χ3n) is 4.30. The minimum atomic E-state index is -3.54. The van der Waals surface area contributed by atoms with Gasteiger partial charge in [0.05, 0.1) is 17.1 Å². The summed E-state index contributed by atoms with van der Waals surface area (Å²) in [4.78, 5) is 14.4. The summed E-state index contributed by atoms with van der Waals surface area (Å²) in [5, 5.41) is 3.35. The number of halogens is 2. The Morgan fingerprint density at radius 2 is 1.67 bits per heavy atom. The van der Waals surface area contributed by atoms with E-state index in [1.54, 1.807) is 12.1 Å². The zero-order valence-corrected chi connectivity index (χ0v) is 17.6. The first-order chi connectivity index (χ1) is 12.9. The van der Waals surface area contributed by atoms with E-state index in [2.05, 4.69) is 21.2 Å². The fourth-order valence-electron chi connectivity index (χ4n) is 2.84. The summed E-state index contributed by atoms with van der Waals surface area (Å²) in [5.74, 6) is -0.129. The van der Waals surface area contributed by atoms with Crippen molar-refractivity contribution in [1.29, 1.82) is 0 Å². The van der Waals surface area contributed by atoms with Gasteiger partial charge in [-0.25, -0.2) is 8.42 Å². The highest BCUT2D eigenvalue weighted by atomic mass is 79.9. The van der Waals surface area contributed by atoms with Gasteiger partial charge in [0.15, 0.2) is 0 Å². The predicted molar refractivity (Wildman–Crippen MR) is 109 cm³/mol.